The molecule has 1 heterocycles. The van der Waals surface area contributed by atoms with E-state index in [0.717, 1.165) is 0 Å². The Morgan fingerprint density at radius 1 is 1.28 bits per heavy atom. The Labute approximate surface area is 112 Å². The lowest BCUT2D eigenvalue weighted by Gasteiger charge is -2.33. The van der Waals surface area contributed by atoms with Crippen LogP contribution in [-0.4, -0.2) is 41.4 Å². The first-order valence-corrected chi connectivity index (χ1v) is 8.22. The molecule has 6 heteroatoms. The third-order valence-electron chi connectivity index (χ3n) is 2.84. The van der Waals surface area contributed by atoms with E-state index >= 15 is 0 Å². The number of rotatable bonds is 2. The van der Waals surface area contributed by atoms with Crippen LogP contribution < -0.4 is 0 Å². The molecule has 0 bridgehead atoms. The first-order valence-electron chi connectivity index (χ1n) is 5.84. The molecule has 0 saturated carbocycles. The maximum Gasteiger partial charge on any atom is 0.243 e. The molecule has 1 aromatic rings. The number of phenolic OH excluding ortho intramolecular Hbond substituents is 1. The molecule has 0 aromatic heterocycles. The average molecular weight is 287 g/mol. The first-order chi connectivity index (χ1) is 8.39. The molecule has 4 nitrogen and oxygen atoms in total. The van der Waals surface area contributed by atoms with Crippen molar-refractivity contribution in [1.29, 1.82) is 0 Å². The molecule has 2 rings (SSSR count). The molecular weight excluding hydrogens is 270 g/mol. The van der Waals surface area contributed by atoms with Crippen LogP contribution in [-0.2, 0) is 10.0 Å². The van der Waals surface area contributed by atoms with Crippen molar-refractivity contribution < 1.29 is 13.5 Å². The summed E-state index contributed by atoms with van der Waals surface area (Å²) in [6.07, 6.45) is 0. The Morgan fingerprint density at radius 2 is 1.89 bits per heavy atom. The number of thioether (sulfide) groups is 1. The minimum Gasteiger partial charge on any atom is -0.508 e. The number of benzene rings is 1. The molecule has 2 atom stereocenters. The van der Waals surface area contributed by atoms with E-state index in [9.17, 15) is 13.5 Å². The Kier molecular flexibility index (Phi) is 3.89. The highest BCUT2D eigenvalue weighted by atomic mass is 32.2. The summed E-state index contributed by atoms with van der Waals surface area (Å²) in [6, 6.07) is 5.84. The topological polar surface area (TPSA) is 57.6 Å². The molecule has 0 aliphatic carbocycles. The van der Waals surface area contributed by atoms with Crippen molar-refractivity contribution in [2.45, 2.75) is 29.2 Å². The van der Waals surface area contributed by atoms with E-state index in [0.29, 0.717) is 23.6 Å². The summed E-state index contributed by atoms with van der Waals surface area (Å²) in [4.78, 5) is 0.161. The fraction of sp³-hybridized carbons (Fsp3) is 0.500. The van der Waals surface area contributed by atoms with Gasteiger partial charge >= 0.3 is 0 Å². The van der Waals surface area contributed by atoms with Gasteiger partial charge < -0.3 is 5.11 Å². The van der Waals surface area contributed by atoms with E-state index in [1.54, 1.807) is 17.8 Å². The van der Waals surface area contributed by atoms with Crippen molar-refractivity contribution in [3.8, 4) is 5.75 Å². The van der Waals surface area contributed by atoms with Crippen LogP contribution in [0.15, 0.2) is 29.2 Å². The molecule has 1 aliphatic heterocycles. The van der Waals surface area contributed by atoms with Crippen molar-refractivity contribution in [2.75, 3.05) is 13.1 Å². The van der Waals surface area contributed by atoms with Crippen LogP contribution in [0, 0.1) is 0 Å². The van der Waals surface area contributed by atoms with Gasteiger partial charge in [0.25, 0.3) is 0 Å². The van der Waals surface area contributed by atoms with Gasteiger partial charge in [0.15, 0.2) is 0 Å². The molecule has 1 fully saturated rings. The van der Waals surface area contributed by atoms with Crippen LogP contribution in [0.2, 0.25) is 0 Å². The molecule has 1 aliphatic rings. The van der Waals surface area contributed by atoms with Gasteiger partial charge in [-0.05, 0) is 18.2 Å². The van der Waals surface area contributed by atoms with Crippen molar-refractivity contribution >= 4 is 21.8 Å². The van der Waals surface area contributed by atoms with Crippen LogP contribution in [0.25, 0.3) is 0 Å². The van der Waals surface area contributed by atoms with Crippen LogP contribution in [0.4, 0.5) is 0 Å². The zero-order valence-electron chi connectivity index (χ0n) is 10.4. The minimum absolute atomic E-state index is 0.0245. The molecule has 1 N–H and O–H groups in total. The van der Waals surface area contributed by atoms with Crippen molar-refractivity contribution in [3.05, 3.63) is 24.3 Å². The average Bonchev–Trinajstić information content (AvgIpc) is 2.27. The number of hydrogen-bond acceptors (Lipinski definition) is 4. The zero-order valence-corrected chi connectivity index (χ0v) is 12.0. The van der Waals surface area contributed by atoms with E-state index in [2.05, 4.69) is 0 Å². The van der Waals surface area contributed by atoms with E-state index in [4.69, 9.17) is 0 Å². The Balaban J connectivity index is 2.31. The van der Waals surface area contributed by atoms with Crippen LogP contribution in [0.1, 0.15) is 13.8 Å². The predicted molar refractivity (Wildman–Crippen MR) is 73.4 cm³/mol. The summed E-state index contributed by atoms with van der Waals surface area (Å²) < 4.78 is 26.4. The first kappa shape index (κ1) is 13.7. The van der Waals surface area contributed by atoms with Crippen LogP contribution in [0.3, 0.4) is 0 Å². The largest absolute Gasteiger partial charge is 0.508 e. The molecule has 0 spiro atoms. The summed E-state index contributed by atoms with van der Waals surface area (Å²) >= 11 is 1.80. The maximum absolute atomic E-state index is 12.4. The van der Waals surface area contributed by atoms with Gasteiger partial charge in [0.1, 0.15) is 5.75 Å². The normalized spacial score (nSPS) is 26.1. The molecule has 1 saturated heterocycles. The van der Waals surface area contributed by atoms with E-state index in [-0.39, 0.29) is 10.6 Å². The second-order valence-corrected chi connectivity index (χ2v) is 8.40. The number of phenols is 1. The summed E-state index contributed by atoms with van der Waals surface area (Å²) in [5, 5.41) is 9.98. The second kappa shape index (κ2) is 5.11. The third kappa shape index (κ3) is 2.81. The number of aromatic hydroxyl groups is 1. The van der Waals surface area contributed by atoms with Gasteiger partial charge in [0.2, 0.25) is 10.0 Å². The Bertz CT molecular complexity index is 520. The molecule has 0 radical (unpaired) electrons. The highest BCUT2D eigenvalue weighted by molar-refractivity contribution is 8.00. The van der Waals surface area contributed by atoms with Crippen molar-refractivity contribution in [2.24, 2.45) is 0 Å². The van der Waals surface area contributed by atoms with Crippen LogP contribution >= 0.6 is 11.8 Å². The summed E-state index contributed by atoms with van der Waals surface area (Å²) in [5.41, 5.74) is 0. The number of sulfonamides is 1. The van der Waals surface area contributed by atoms with Crippen molar-refractivity contribution in [3.63, 3.8) is 0 Å². The lowest BCUT2D eigenvalue weighted by Crippen LogP contribution is -2.43. The van der Waals surface area contributed by atoms with Gasteiger partial charge in [-0.15, -0.1) is 0 Å². The fourth-order valence-electron chi connectivity index (χ4n) is 2.12. The number of nitrogens with zero attached hydrogens (tertiary/aromatic N) is 1. The van der Waals surface area contributed by atoms with E-state index in [1.807, 2.05) is 13.8 Å². The lowest BCUT2D eigenvalue weighted by atomic mass is 10.3. The molecule has 18 heavy (non-hydrogen) atoms. The summed E-state index contributed by atoms with van der Waals surface area (Å²) in [6.45, 7) is 5.11. The van der Waals surface area contributed by atoms with Gasteiger partial charge in [-0.2, -0.15) is 16.1 Å². The molecule has 0 amide bonds. The SMILES string of the molecule is CC1CN(S(=O)(=O)c2cccc(O)c2)CC(C)S1. The highest BCUT2D eigenvalue weighted by Crippen LogP contribution is 2.29. The second-order valence-electron chi connectivity index (χ2n) is 4.58. The Hall–Kier alpha value is -0.720. The van der Waals surface area contributed by atoms with Crippen LogP contribution in [0.5, 0.6) is 5.75 Å². The number of hydrogen-bond donors (Lipinski definition) is 1. The third-order valence-corrected chi connectivity index (χ3v) is 5.90. The van der Waals surface area contributed by atoms with Gasteiger partial charge in [-0.25, -0.2) is 8.42 Å². The van der Waals surface area contributed by atoms with Gasteiger partial charge in [0, 0.05) is 23.6 Å². The minimum atomic E-state index is -3.49. The monoisotopic (exact) mass is 287 g/mol. The summed E-state index contributed by atoms with van der Waals surface area (Å²) in [7, 11) is -3.49. The Morgan fingerprint density at radius 3 is 2.44 bits per heavy atom. The van der Waals surface area contributed by atoms with E-state index in [1.165, 1.54) is 22.5 Å². The van der Waals surface area contributed by atoms with E-state index < -0.39 is 10.0 Å². The van der Waals surface area contributed by atoms with Gasteiger partial charge in [0.05, 0.1) is 4.90 Å². The molecule has 100 valence electrons. The molecule has 2 unspecified atom stereocenters. The predicted octanol–water partition coefficient (Wildman–Crippen LogP) is 1.91. The van der Waals surface area contributed by atoms with Gasteiger partial charge in [-0.3, -0.25) is 0 Å². The smallest absolute Gasteiger partial charge is 0.243 e. The molecular formula is C12H17NO3S2. The summed E-state index contributed by atoms with van der Waals surface area (Å²) in [5.74, 6) is -0.0245. The lowest BCUT2D eigenvalue weighted by molar-refractivity contribution is 0.404. The zero-order chi connectivity index (χ0) is 13.3. The maximum atomic E-state index is 12.4. The quantitative estimate of drug-likeness (QED) is 0.902. The fourth-order valence-corrected chi connectivity index (χ4v) is 5.29. The molecule has 1 aromatic carbocycles. The van der Waals surface area contributed by atoms with Crippen molar-refractivity contribution in [1.82, 2.24) is 4.31 Å². The van der Waals surface area contributed by atoms with Gasteiger partial charge in [-0.1, -0.05) is 19.9 Å². The standard InChI is InChI=1S/C12H17NO3S2/c1-9-7-13(8-10(2)17-9)18(15,16)12-5-3-4-11(14)6-12/h3-6,9-10,14H,7-8H2,1-2H3. The highest BCUT2D eigenvalue weighted by Gasteiger charge is 2.32.